The predicted molar refractivity (Wildman–Crippen MR) is 84.6 cm³/mol. The number of anilines is 1. The van der Waals surface area contributed by atoms with E-state index in [-0.39, 0.29) is 0 Å². The van der Waals surface area contributed by atoms with Crippen molar-refractivity contribution in [3.8, 4) is 10.7 Å². The summed E-state index contributed by atoms with van der Waals surface area (Å²) in [6.45, 7) is 0. The highest BCUT2D eigenvalue weighted by molar-refractivity contribution is 14.1. The molecule has 1 aliphatic carbocycles. The van der Waals surface area contributed by atoms with E-state index in [0.717, 1.165) is 24.4 Å². The summed E-state index contributed by atoms with van der Waals surface area (Å²) in [6.07, 6.45) is 2.47. The lowest BCUT2D eigenvalue weighted by atomic mass is 10.2. The quantitative estimate of drug-likeness (QED) is 0.789. The predicted octanol–water partition coefficient (Wildman–Crippen LogP) is 4.38. The number of hydrogen-bond donors (Lipinski definition) is 1. The van der Waals surface area contributed by atoms with E-state index in [2.05, 4.69) is 32.9 Å². The molecule has 18 heavy (non-hydrogen) atoms. The number of nitrogens with one attached hydrogen (secondary N) is 1. The van der Waals surface area contributed by atoms with Crippen molar-refractivity contribution in [1.82, 2.24) is 9.97 Å². The Bertz CT molecular complexity index is 595. The number of hydrogen-bond acceptors (Lipinski definition) is 4. The first-order chi connectivity index (χ1) is 8.69. The minimum Gasteiger partial charge on any atom is -0.372 e. The minimum absolute atomic E-state index is 0.612. The summed E-state index contributed by atoms with van der Waals surface area (Å²) in [7, 11) is 1.90. The smallest absolute Gasteiger partial charge is 0.171 e. The van der Waals surface area contributed by atoms with Crippen molar-refractivity contribution >= 4 is 51.3 Å². The Kier molecular flexibility index (Phi) is 3.46. The highest BCUT2D eigenvalue weighted by Gasteiger charge is 2.29. The van der Waals surface area contributed by atoms with Crippen LogP contribution in [0.4, 0.5) is 5.82 Å². The van der Waals surface area contributed by atoms with Gasteiger partial charge in [0.2, 0.25) is 0 Å². The zero-order valence-electron chi connectivity index (χ0n) is 9.70. The van der Waals surface area contributed by atoms with Crippen LogP contribution in [0.25, 0.3) is 10.7 Å². The summed E-state index contributed by atoms with van der Waals surface area (Å²) in [5.74, 6) is 2.30. The minimum atomic E-state index is 0.612. The average molecular weight is 392 g/mol. The molecule has 2 heterocycles. The van der Waals surface area contributed by atoms with E-state index in [1.807, 2.05) is 19.2 Å². The van der Waals surface area contributed by atoms with Gasteiger partial charge in [-0.25, -0.2) is 9.97 Å². The maximum atomic E-state index is 5.98. The van der Waals surface area contributed by atoms with Gasteiger partial charge in [-0.1, -0.05) is 11.6 Å². The molecule has 0 amide bonds. The molecule has 1 fully saturated rings. The fraction of sp³-hybridized carbons (Fsp3) is 0.333. The summed E-state index contributed by atoms with van der Waals surface area (Å²) < 4.78 is 1.91. The van der Waals surface area contributed by atoms with Gasteiger partial charge in [0.15, 0.2) is 5.82 Å². The van der Waals surface area contributed by atoms with Gasteiger partial charge in [-0.3, -0.25) is 0 Å². The number of thiophene rings is 1. The Morgan fingerprint density at radius 3 is 2.72 bits per heavy atom. The van der Waals surface area contributed by atoms with Crippen LogP contribution in [-0.4, -0.2) is 17.0 Å². The highest BCUT2D eigenvalue weighted by Crippen LogP contribution is 2.43. The average Bonchev–Trinajstić information content (AvgIpc) is 3.12. The van der Waals surface area contributed by atoms with Crippen molar-refractivity contribution in [2.24, 2.45) is 0 Å². The normalized spacial score (nSPS) is 14.8. The fourth-order valence-corrected chi connectivity index (χ4v) is 3.73. The van der Waals surface area contributed by atoms with Crippen molar-refractivity contribution < 1.29 is 0 Å². The molecule has 1 aliphatic rings. The van der Waals surface area contributed by atoms with E-state index in [4.69, 9.17) is 16.6 Å². The molecule has 3 rings (SSSR count). The van der Waals surface area contributed by atoms with Crippen molar-refractivity contribution in [3.05, 3.63) is 25.7 Å². The lowest BCUT2D eigenvalue weighted by molar-refractivity contribution is 0.981. The first kappa shape index (κ1) is 12.6. The summed E-state index contributed by atoms with van der Waals surface area (Å²) in [4.78, 5) is 10.3. The third kappa shape index (κ3) is 2.35. The van der Waals surface area contributed by atoms with Crippen molar-refractivity contribution in [1.29, 1.82) is 0 Å². The maximum absolute atomic E-state index is 5.98. The molecule has 0 aliphatic heterocycles. The molecular formula is C12H11ClIN3S. The van der Waals surface area contributed by atoms with Crippen LogP contribution in [0.2, 0.25) is 4.34 Å². The molecule has 0 atom stereocenters. The van der Waals surface area contributed by atoms with Crippen LogP contribution < -0.4 is 5.32 Å². The third-order valence-corrected chi connectivity index (χ3v) is 5.16. The molecule has 0 bridgehead atoms. The Morgan fingerprint density at radius 2 is 2.17 bits per heavy atom. The van der Waals surface area contributed by atoms with Gasteiger partial charge >= 0.3 is 0 Å². The molecule has 0 saturated heterocycles. The summed E-state index contributed by atoms with van der Waals surface area (Å²) >= 11 is 9.82. The van der Waals surface area contributed by atoms with Crippen LogP contribution >= 0.6 is 45.5 Å². The van der Waals surface area contributed by atoms with Crippen LogP contribution in [0.3, 0.4) is 0 Å². The molecule has 0 unspecified atom stereocenters. The zero-order chi connectivity index (χ0) is 12.7. The van der Waals surface area contributed by atoms with E-state index in [0.29, 0.717) is 5.92 Å². The number of aromatic nitrogens is 2. The lowest BCUT2D eigenvalue weighted by Gasteiger charge is -2.09. The van der Waals surface area contributed by atoms with Crippen LogP contribution in [0.1, 0.15) is 24.5 Å². The first-order valence-electron chi connectivity index (χ1n) is 5.70. The summed E-state index contributed by atoms with van der Waals surface area (Å²) in [6, 6.07) is 3.87. The molecule has 2 aromatic rings. The van der Waals surface area contributed by atoms with E-state index < -0.39 is 0 Å². The Labute approximate surface area is 128 Å². The summed E-state index contributed by atoms with van der Waals surface area (Å²) in [5.41, 5.74) is 1.18. The van der Waals surface area contributed by atoms with Gasteiger partial charge in [0.1, 0.15) is 5.82 Å². The second kappa shape index (κ2) is 4.94. The zero-order valence-corrected chi connectivity index (χ0v) is 13.4. The van der Waals surface area contributed by atoms with E-state index >= 15 is 0 Å². The molecule has 0 radical (unpaired) electrons. The Morgan fingerprint density at radius 1 is 1.39 bits per heavy atom. The standard InChI is InChI=1S/C12H11ClIN3S/c1-15-12-9(14)10(6-2-3-6)16-11(17-12)7-4-5-8(13)18-7/h4-6H,2-3H2,1H3,(H,15,16,17). The molecule has 2 aromatic heterocycles. The van der Waals surface area contributed by atoms with Gasteiger partial charge in [-0.2, -0.15) is 0 Å². The first-order valence-corrected chi connectivity index (χ1v) is 7.97. The van der Waals surface area contributed by atoms with Crippen molar-refractivity contribution in [2.45, 2.75) is 18.8 Å². The van der Waals surface area contributed by atoms with Gasteiger partial charge in [0.25, 0.3) is 0 Å². The Hall–Kier alpha value is -0.400. The van der Waals surface area contributed by atoms with Crippen molar-refractivity contribution in [2.75, 3.05) is 12.4 Å². The highest BCUT2D eigenvalue weighted by atomic mass is 127. The van der Waals surface area contributed by atoms with E-state index in [1.54, 1.807) is 0 Å². The van der Waals surface area contributed by atoms with E-state index in [1.165, 1.54) is 29.9 Å². The van der Waals surface area contributed by atoms with Gasteiger partial charge in [0.05, 0.1) is 18.5 Å². The van der Waals surface area contributed by atoms with Crippen LogP contribution in [0.5, 0.6) is 0 Å². The SMILES string of the molecule is CNc1nc(-c2ccc(Cl)s2)nc(C2CC2)c1I. The monoisotopic (exact) mass is 391 g/mol. The molecule has 6 heteroatoms. The maximum Gasteiger partial charge on any atom is 0.171 e. The van der Waals surface area contributed by atoms with Crippen molar-refractivity contribution in [3.63, 3.8) is 0 Å². The third-order valence-electron chi connectivity index (χ3n) is 2.87. The number of rotatable bonds is 3. The number of nitrogens with zero attached hydrogens (tertiary/aromatic N) is 2. The molecule has 94 valence electrons. The molecule has 1 saturated carbocycles. The second-order valence-electron chi connectivity index (χ2n) is 4.22. The second-order valence-corrected chi connectivity index (χ2v) is 7.02. The van der Waals surface area contributed by atoms with Gasteiger partial charge in [-0.15, -0.1) is 11.3 Å². The lowest BCUT2D eigenvalue weighted by Crippen LogP contribution is -2.04. The van der Waals surface area contributed by atoms with Gasteiger partial charge < -0.3 is 5.32 Å². The fourth-order valence-electron chi connectivity index (χ4n) is 1.80. The Balaban J connectivity index is 2.12. The summed E-state index contributed by atoms with van der Waals surface area (Å²) in [5, 5.41) is 3.15. The van der Waals surface area contributed by atoms with E-state index in [9.17, 15) is 0 Å². The topological polar surface area (TPSA) is 37.8 Å². The molecule has 0 aromatic carbocycles. The van der Waals surface area contributed by atoms with Crippen LogP contribution in [0, 0.1) is 3.57 Å². The molecule has 3 nitrogen and oxygen atoms in total. The van der Waals surface area contributed by atoms with Crippen LogP contribution in [0.15, 0.2) is 12.1 Å². The largest absolute Gasteiger partial charge is 0.372 e. The van der Waals surface area contributed by atoms with Crippen LogP contribution in [-0.2, 0) is 0 Å². The molecule has 1 N–H and O–H groups in total. The van der Waals surface area contributed by atoms with Gasteiger partial charge in [0, 0.05) is 13.0 Å². The molecular weight excluding hydrogens is 381 g/mol. The number of halogens is 2. The molecule has 0 spiro atoms. The van der Waals surface area contributed by atoms with Gasteiger partial charge in [-0.05, 0) is 47.6 Å².